The van der Waals surface area contributed by atoms with Crippen LogP contribution in [0, 0.1) is 0 Å². The van der Waals surface area contributed by atoms with Crippen molar-refractivity contribution in [3.05, 3.63) is 0 Å². The highest BCUT2D eigenvalue weighted by molar-refractivity contribution is 5.84. The van der Waals surface area contributed by atoms with Crippen molar-refractivity contribution in [1.82, 2.24) is 5.32 Å². The highest BCUT2D eigenvalue weighted by atomic mass is 16.5. The number of nitrogens with one attached hydrogen (secondary N) is 1. The third kappa shape index (κ3) is 9.78. The standard InChI is InChI=1S/C15H26N2O7/c1-9(23-10(2)18)14(15(21)22)16-13(20)7-12(24-11(3)19)8-17(4,5)6/h9,12,14H,7-8H2,1-6H3,(H-,16,20,21,22). The van der Waals surface area contributed by atoms with Crippen LogP contribution in [0.2, 0.25) is 0 Å². The minimum absolute atomic E-state index is 0.217. The van der Waals surface area contributed by atoms with Crippen molar-refractivity contribution in [1.29, 1.82) is 0 Å². The summed E-state index contributed by atoms with van der Waals surface area (Å²) in [5.74, 6) is -3.44. The summed E-state index contributed by atoms with van der Waals surface area (Å²) >= 11 is 0. The summed E-state index contributed by atoms with van der Waals surface area (Å²) in [5.41, 5.74) is 0. The first-order valence-corrected chi connectivity index (χ1v) is 7.47. The van der Waals surface area contributed by atoms with E-state index in [0.717, 1.165) is 6.92 Å². The molecule has 0 saturated carbocycles. The van der Waals surface area contributed by atoms with Gasteiger partial charge in [-0.1, -0.05) is 0 Å². The first kappa shape index (κ1) is 21.8. The van der Waals surface area contributed by atoms with Gasteiger partial charge in [-0.15, -0.1) is 0 Å². The van der Waals surface area contributed by atoms with E-state index in [2.05, 4.69) is 5.32 Å². The lowest BCUT2D eigenvalue weighted by Gasteiger charge is -2.29. The van der Waals surface area contributed by atoms with Gasteiger partial charge in [0.05, 0.1) is 33.5 Å². The molecule has 0 rings (SSSR count). The fourth-order valence-electron chi connectivity index (χ4n) is 2.13. The molecule has 24 heavy (non-hydrogen) atoms. The number of quaternary nitrogens is 1. The first-order valence-electron chi connectivity index (χ1n) is 7.47. The van der Waals surface area contributed by atoms with E-state index in [4.69, 9.17) is 9.47 Å². The van der Waals surface area contributed by atoms with Crippen molar-refractivity contribution < 1.29 is 38.2 Å². The molecule has 0 radical (unpaired) electrons. The van der Waals surface area contributed by atoms with Crippen LogP contribution in [0.25, 0.3) is 0 Å². The lowest BCUT2D eigenvalue weighted by molar-refractivity contribution is -0.873. The number of hydrogen-bond donors (Lipinski definition) is 1. The van der Waals surface area contributed by atoms with Gasteiger partial charge < -0.3 is 29.2 Å². The molecule has 9 nitrogen and oxygen atoms in total. The number of hydrogen-bond acceptors (Lipinski definition) is 7. The number of nitrogens with zero attached hydrogens (tertiary/aromatic N) is 1. The van der Waals surface area contributed by atoms with Crippen LogP contribution in [0.4, 0.5) is 0 Å². The zero-order chi connectivity index (χ0) is 19.1. The van der Waals surface area contributed by atoms with Gasteiger partial charge in [0.15, 0.2) is 6.10 Å². The first-order chi connectivity index (χ1) is 10.8. The van der Waals surface area contributed by atoms with Crippen LogP contribution in [0.5, 0.6) is 0 Å². The number of amides is 1. The van der Waals surface area contributed by atoms with Crippen molar-refractivity contribution in [3.8, 4) is 0 Å². The van der Waals surface area contributed by atoms with Crippen molar-refractivity contribution in [2.75, 3.05) is 27.7 Å². The van der Waals surface area contributed by atoms with Crippen molar-refractivity contribution in [2.45, 2.75) is 45.4 Å². The van der Waals surface area contributed by atoms with Gasteiger partial charge >= 0.3 is 11.9 Å². The van der Waals surface area contributed by atoms with E-state index < -0.39 is 42.1 Å². The number of esters is 2. The third-order valence-corrected chi connectivity index (χ3v) is 2.89. The molecule has 0 aliphatic rings. The van der Waals surface area contributed by atoms with Crippen molar-refractivity contribution in [2.24, 2.45) is 0 Å². The molecule has 9 heteroatoms. The average Bonchev–Trinajstić information content (AvgIpc) is 2.31. The van der Waals surface area contributed by atoms with Gasteiger partial charge in [-0.05, 0) is 6.92 Å². The molecule has 0 heterocycles. The summed E-state index contributed by atoms with van der Waals surface area (Å²) in [7, 11) is 5.59. The Hall–Kier alpha value is -2.16. The molecule has 138 valence electrons. The van der Waals surface area contributed by atoms with Gasteiger partial charge in [-0.3, -0.25) is 14.4 Å². The number of aliphatic carboxylic acids is 1. The van der Waals surface area contributed by atoms with Crippen LogP contribution in [0.3, 0.4) is 0 Å². The summed E-state index contributed by atoms with van der Waals surface area (Å²) in [6.07, 6.45) is -2.03. The maximum Gasteiger partial charge on any atom is 0.303 e. The monoisotopic (exact) mass is 346 g/mol. The van der Waals surface area contributed by atoms with Gasteiger partial charge in [0.1, 0.15) is 18.7 Å². The molecular formula is C15H26N2O7. The fourth-order valence-corrected chi connectivity index (χ4v) is 2.13. The lowest BCUT2D eigenvalue weighted by Crippen LogP contribution is -2.55. The van der Waals surface area contributed by atoms with E-state index in [1.54, 1.807) is 0 Å². The minimum Gasteiger partial charge on any atom is -0.548 e. The molecule has 3 unspecified atom stereocenters. The van der Waals surface area contributed by atoms with E-state index in [1.165, 1.54) is 13.8 Å². The molecule has 0 aliphatic carbocycles. The van der Waals surface area contributed by atoms with Gasteiger partial charge in [0, 0.05) is 13.8 Å². The molecule has 0 aliphatic heterocycles. The third-order valence-electron chi connectivity index (χ3n) is 2.89. The summed E-state index contributed by atoms with van der Waals surface area (Å²) < 4.78 is 10.3. The molecule has 3 atom stereocenters. The van der Waals surface area contributed by atoms with E-state index in [1.807, 2.05) is 21.1 Å². The lowest BCUT2D eigenvalue weighted by atomic mass is 10.1. The highest BCUT2D eigenvalue weighted by Gasteiger charge is 2.28. The van der Waals surface area contributed by atoms with Gasteiger partial charge in [-0.2, -0.15) is 0 Å². The molecule has 0 aromatic carbocycles. The Kier molecular flexibility index (Phi) is 8.38. The van der Waals surface area contributed by atoms with E-state index in [9.17, 15) is 24.3 Å². The van der Waals surface area contributed by atoms with Crippen LogP contribution in [0.15, 0.2) is 0 Å². The second-order valence-electron chi connectivity index (χ2n) is 6.59. The predicted octanol–water partition coefficient (Wildman–Crippen LogP) is -1.80. The smallest absolute Gasteiger partial charge is 0.303 e. The summed E-state index contributed by atoms with van der Waals surface area (Å²) in [5, 5.41) is 13.4. The largest absolute Gasteiger partial charge is 0.548 e. The zero-order valence-corrected chi connectivity index (χ0v) is 15.0. The van der Waals surface area contributed by atoms with Crippen molar-refractivity contribution in [3.63, 3.8) is 0 Å². The van der Waals surface area contributed by atoms with Crippen molar-refractivity contribution >= 4 is 23.8 Å². The van der Waals surface area contributed by atoms with Crippen LogP contribution in [-0.4, -0.2) is 74.2 Å². The van der Waals surface area contributed by atoms with Gasteiger partial charge in [-0.25, -0.2) is 0 Å². The highest BCUT2D eigenvalue weighted by Crippen LogP contribution is 2.07. The molecule has 0 fully saturated rings. The maximum atomic E-state index is 12.1. The summed E-state index contributed by atoms with van der Waals surface area (Å²) in [6.45, 7) is 4.05. The number of likely N-dealkylation sites (N-methyl/N-ethyl adjacent to an activating group) is 1. The SMILES string of the molecule is CC(=O)OC(CC(=O)NC(C(=O)[O-])C(C)OC(C)=O)C[N+](C)(C)C. The Morgan fingerprint density at radius 1 is 1.04 bits per heavy atom. The molecule has 0 aromatic rings. The number of rotatable bonds is 9. The summed E-state index contributed by atoms with van der Waals surface area (Å²) in [4.78, 5) is 45.3. The minimum atomic E-state index is -1.58. The number of ether oxygens (including phenoxy) is 2. The van der Waals surface area contributed by atoms with Gasteiger partial charge in [0.2, 0.25) is 5.91 Å². The molecule has 0 aromatic heterocycles. The van der Waals surface area contributed by atoms with Crippen LogP contribution >= 0.6 is 0 Å². The second-order valence-corrected chi connectivity index (χ2v) is 6.59. The van der Waals surface area contributed by atoms with Crippen LogP contribution < -0.4 is 10.4 Å². The van der Waals surface area contributed by atoms with E-state index >= 15 is 0 Å². The quantitative estimate of drug-likeness (QED) is 0.386. The van der Waals surface area contributed by atoms with E-state index in [-0.39, 0.29) is 6.42 Å². The number of carbonyl (C=O) groups is 4. The molecule has 0 saturated heterocycles. The predicted molar refractivity (Wildman–Crippen MR) is 81.2 cm³/mol. The molecular weight excluding hydrogens is 320 g/mol. The number of carboxylic acid groups (broad SMARTS) is 1. The molecule has 1 N–H and O–H groups in total. The second kappa shape index (κ2) is 9.21. The Labute approximate surface area is 141 Å². The van der Waals surface area contributed by atoms with E-state index in [0.29, 0.717) is 11.0 Å². The normalized spacial score (nSPS) is 14.9. The Morgan fingerprint density at radius 2 is 1.54 bits per heavy atom. The topological polar surface area (TPSA) is 122 Å². The summed E-state index contributed by atoms with van der Waals surface area (Å²) in [6, 6.07) is -1.50. The Bertz CT molecular complexity index is 485. The maximum absolute atomic E-state index is 12.1. The molecule has 0 spiro atoms. The number of carbonyl (C=O) groups excluding carboxylic acids is 4. The van der Waals surface area contributed by atoms with Gasteiger partial charge in [0.25, 0.3) is 0 Å². The van der Waals surface area contributed by atoms with Crippen LogP contribution in [0.1, 0.15) is 27.2 Å². The van der Waals surface area contributed by atoms with Crippen LogP contribution in [-0.2, 0) is 28.7 Å². The Morgan fingerprint density at radius 3 is 1.92 bits per heavy atom. The number of carboxylic acids is 1. The average molecular weight is 346 g/mol. The zero-order valence-electron chi connectivity index (χ0n) is 15.0. The molecule has 0 bridgehead atoms. The Balaban J connectivity index is 4.91. The fraction of sp³-hybridized carbons (Fsp3) is 0.733. The molecule has 1 amide bonds.